The van der Waals surface area contributed by atoms with Crippen LogP contribution in [0.3, 0.4) is 0 Å². The zero-order valence-corrected chi connectivity index (χ0v) is 10.4. The second-order valence-electron chi connectivity index (χ2n) is 4.05. The molecule has 2 aromatic rings. The van der Waals surface area contributed by atoms with E-state index in [-0.39, 0.29) is 11.5 Å². The van der Waals surface area contributed by atoms with E-state index in [1.54, 1.807) is 17.0 Å². The third-order valence-corrected chi connectivity index (χ3v) is 3.33. The topological polar surface area (TPSA) is 34.9 Å². The number of rotatable bonds is 2. The molecule has 4 heteroatoms. The first-order valence-corrected chi connectivity index (χ1v) is 6.05. The predicted octanol–water partition coefficient (Wildman–Crippen LogP) is 2.73. The number of pyridine rings is 1. The zero-order chi connectivity index (χ0) is 11.7. The molecule has 0 radical (unpaired) electrons. The fraction of sp³-hybridized carbons (Fsp3) is 0.333. The van der Waals surface area contributed by atoms with Crippen molar-refractivity contribution in [2.24, 2.45) is 0 Å². The van der Waals surface area contributed by atoms with Gasteiger partial charge in [-0.05, 0) is 18.9 Å². The zero-order valence-electron chi connectivity index (χ0n) is 9.60. The Morgan fingerprint density at radius 1 is 1.44 bits per heavy atom. The first-order chi connectivity index (χ1) is 7.59. The number of hydrogen-bond acceptors (Lipinski definition) is 3. The molecule has 0 fully saturated rings. The van der Waals surface area contributed by atoms with Gasteiger partial charge in [-0.3, -0.25) is 9.36 Å². The summed E-state index contributed by atoms with van der Waals surface area (Å²) in [6.07, 6.45) is 3.56. The highest BCUT2D eigenvalue weighted by Gasteiger charge is 2.09. The molecule has 0 aliphatic carbocycles. The molecule has 2 rings (SSSR count). The highest BCUT2D eigenvalue weighted by Crippen LogP contribution is 2.16. The van der Waals surface area contributed by atoms with Gasteiger partial charge in [0.05, 0.1) is 0 Å². The van der Waals surface area contributed by atoms with Gasteiger partial charge < -0.3 is 0 Å². The van der Waals surface area contributed by atoms with Crippen molar-refractivity contribution in [1.29, 1.82) is 0 Å². The maximum atomic E-state index is 12.1. The van der Waals surface area contributed by atoms with E-state index < -0.39 is 0 Å². The summed E-state index contributed by atoms with van der Waals surface area (Å²) in [7, 11) is 0. The molecule has 0 aliphatic heterocycles. The normalized spacial score (nSPS) is 11.0. The lowest BCUT2D eigenvalue weighted by atomic mass is 10.1. The van der Waals surface area contributed by atoms with Crippen LogP contribution in [0, 0.1) is 6.92 Å². The molecule has 0 saturated carbocycles. The van der Waals surface area contributed by atoms with Crippen LogP contribution in [0.4, 0.5) is 0 Å². The van der Waals surface area contributed by atoms with Crippen molar-refractivity contribution in [3.63, 3.8) is 0 Å². The highest BCUT2D eigenvalue weighted by atomic mass is 32.1. The minimum absolute atomic E-state index is 0.0341. The van der Waals surface area contributed by atoms with E-state index in [4.69, 9.17) is 0 Å². The summed E-state index contributed by atoms with van der Waals surface area (Å²) >= 11 is 1.53. The van der Waals surface area contributed by atoms with Gasteiger partial charge in [0.1, 0.15) is 0 Å². The Balaban J connectivity index is 2.59. The van der Waals surface area contributed by atoms with E-state index in [9.17, 15) is 4.79 Å². The smallest absolute Gasteiger partial charge is 0.260 e. The van der Waals surface area contributed by atoms with Crippen LogP contribution >= 0.6 is 11.3 Å². The highest BCUT2D eigenvalue weighted by molar-refractivity contribution is 7.13. The molecule has 0 bridgehead atoms. The Kier molecular flexibility index (Phi) is 2.92. The molecule has 0 aliphatic rings. The fourth-order valence-corrected chi connectivity index (χ4v) is 2.30. The second-order valence-corrected chi connectivity index (χ2v) is 5.26. The van der Waals surface area contributed by atoms with Crippen molar-refractivity contribution in [2.45, 2.75) is 26.7 Å². The summed E-state index contributed by atoms with van der Waals surface area (Å²) in [6.45, 7) is 6.03. The van der Waals surface area contributed by atoms with E-state index in [0.717, 1.165) is 15.6 Å². The lowest BCUT2D eigenvalue weighted by molar-refractivity contribution is 0.818. The van der Waals surface area contributed by atoms with E-state index in [0.29, 0.717) is 0 Å². The number of aromatic nitrogens is 2. The van der Waals surface area contributed by atoms with Crippen LogP contribution in [-0.2, 0) is 0 Å². The maximum absolute atomic E-state index is 12.1. The van der Waals surface area contributed by atoms with Gasteiger partial charge in [0.2, 0.25) is 0 Å². The first-order valence-electron chi connectivity index (χ1n) is 5.24. The molecule has 3 nitrogen and oxygen atoms in total. The summed E-state index contributed by atoms with van der Waals surface area (Å²) in [6, 6.07) is 3.78. The quantitative estimate of drug-likeness (QED) is 0.800. The number of thiazole rings is 1. The van der Waals surface area contributed by atoms with Crippen molar-refractivity contribution in [3.05, 3.63) is 45.3 Å². The SMILES string of the molecule is Cc1cnc(-n2cccc(C(C)C)c2=O)s1. The van der Waals surface area contributed by atoms with Crippen LogP contribution in [0.25, 0.3) is 5.13 Å². The molecule has 0 N–H and O–H groups in total. The summed E-state index contributed by atoms with van der Waals surface area (Å²) in [4.78, 5) is 17.5. The first kappa shape index (κ1) is 11.1. The van der Waals surface area contributed by atoms with Crippen molar-refractivity contribution in [2.75, 3.05) is 0 Å². The maximum Gasteiger partial charge on any atom is 0.260 e. The second kappa shape index (κ2) is 4.22. The van der Waals surface area contributed by atoms with Gasteiger partial charge in [-0.15, -0.1) is 11.3 Å². The summed E-state index contributed by atoms with van der Waals surface area (Å²) in [5.74, 6) is 0.237. The van der Waals surface area contributed by atoms with Gasteiger partial charge in [0.25, 0.3) is 5.56 Å². The molecule has 0 aromatic carbocycles. The summed E-state index contributed by atoms with van der Waals surface area (Å²) < 4.78 is 1.62. The predicted molar refractivity (Wildman–Crippen MR) is 66.5 cm³/mol. The average Bonchev–Trinajstić information content (AvgIpc) is 2.64. The molecule has 2 aromatic heterocycles. The lowest BCUT2D eigenvalue weighted by Crippen LogP contribution is -2.21. The van der Waals surface area contributed by atoms with Crippen LogP contribution < -0.4 is 5.56 Å². The number of nitrogens with zero attached hydrogens (tertiary/aromatic N) is 2. The van der Waals surface area contributed by atoms with Gasteiger partial charge in [-0.2, -0.15) is 0 Å². The Bertz CT molecular complexity index is 554. The van der Waals surface area contributed by atoms with Crippen molar-refractivity contribution in [3.8, 4) is 5.13 Å². The Morgan fingerprint density at radius 2 is 2.19 bits per heavy atom. The van der Waals surface area contributed by atoms with E-state index in [1.165, 1.54) is 11.3 Å². The Hall–Kier alpha value is -1.42. The van der Waals surface area contributed by atoms with E-state index in [1.807, 2.05) is 32.9 Å². The third-order valence-electron chi connectivity index (χ3n) is 2.41. The summed E-state index contributed by atoms with van der Waals surface area (Å²) in [5.41, 5.74) is 0.863. The number of aryl methyl sites for hydroxylation is 1. The van der Waals surface area contributed by atoms with Crippen molar-refractivity contribution >= 4 is 11.3 Å². The molecule has 84 valence electrons. The molecule has 0 saturated heterocycles. The van der Waals surface area contributed by atoms with Gasteiger partial charge >= 0.3 is 0 Å². The molecule has 16 heavy (non-hydrogen) atoms. The van der Waals surface area contributed by atoms with Gasteiger partial charge in [-0.25, -0.2) is 4.98 Å². The van der Waals surface area contributed by atoms with Gasteiger partial charge in [-0.1, -0.05) is 19.9 Å². The van der Waals surface area contributed by atoms with Gasteiger partial charge in [0, 0.05) is 22.8 Å². The van der Waals surface area contributed by atoms with Crippen molar-refractivity contribution < 1.29 is 0 Å². The minimum atomic E-state index is 0.0341. The monoisotopic (exact) mass is 234 g/mol. The van der Waals surface area contributed by atoms with Crippen LogP contribution in [0.15, 0.2) is 29.3 Å². The number of hydrogen-bond donors (Lipinski definition) is 0. The van der Waals surface area contributed by atoms with Crippen LogP contribution in [-0.4, -0.2) is 9.55 Å². The molecule has 0 unspecified atom stereocenters. The van der Waals surface area contributed by atoms with E-state index >= 15 is 0 Å². The molecule has 2 heterocycles. The fourth-order valence-electron chi connectivity index (χ4n) is 1.56. The molecule has 0 spiro atoms. The molecular formula is C12H14N2OS. The van der Waals surface area contributed by atoms with Crippen LogP contribution in [0.2, 0.25) is 0 Å². The third kappa shape index (κ3) is 1.93. The average molecular weight is 234 g/mol. The molecule has 0 amide bonds. The molecule has 0 atom stereocenters. The van der Waals surface area contributed by atoms with Gasteiger partial charge in [0.15, 0.2) is 5.13 Å². The summed E-state index contributed by atoms with van der Waals surface area (Å²) in [5, 5.41) is 0.741. The minimum Gasteiger partial charge on any atom is -0.269 e. The Labute approximate surface area is 98.4 Å². The Morgan fingerprint density at radius 3 is 2.75 bits per heavy atom. The standard InChI is InChI=1S/C12H14N2OS/c1-8(2)10-5-4-6-14(11(10)15)12-13-7-9(3)16-12/h4-8H,1-3H3. The van der Waals surface area contributed by atoms with Crippen molar-refractivity contribution in [1.82, 2.24) is 9.55 Å². The van der Waals surface area contributed by atoms with Crippen LogP contribution in [0.1, 0.15) is 30.2 Å². The lowest BCUT2D eigenvalue weighted by Gasteiger charge is -2.07. The molecular weight excluding hydrogens is 220 g/mol. The largest absolute Gasteiger partial charge is 0.269 e. The van der Waals surface area contributed by atoms with Crippen LogP contribution in [0.5, 0.6) is 0 Å². The van der Waals surface area contributed by atoms with E-state index in [2.05, 4.69) is 4.98 Å².